The molecule has 4 rings (SSSR count). The van der Waals surface area contributed by atoms with E-state index in [9.17, 15) is 4.79 Å². The van der Waals surface area contributed by atoms with Gasteiger partial charge in [-0.05, 0) is 36.2 Å². The first-order valence-electron chi connectivity index (χ1n) is 8.89. The van der Waals surface area contributed by atoms with Crippen molar-refractivity contribution in [1.29, 1.82) is 0 Å². The van der Waals surface area contributed by atoms with Gasteiger partial charge in [-0.1, -0.05) is 30.3 Å². The predicted octanol–water partition coefficient (Wildman–Crippen LogP) is 3.36. The van der Waals surface area contributed by atoms with Gasteiger partial charge < -0.3 is 15.4 Å². The summed E-state index contributed by atoms with van der Waals surface area (Å²) in [6, 6.07) is 17.9. The second-order valence-electron chi connectivity index (χ2n) is 6.55. The number of anilines is 1. The van der Waals surface area contributed by atoms with E-state index >= 15 is 0 Å². The van der Waals surface area contributed by atoms with Crippen LogP contribution in [0.3, 0.4) is 0 Å². The highest BCUT2D eigenvalue weighted by molar-refractivity contribution is 5.90. The lowest BCUT2D eigenvalue weighted by molar-refractivity contribution is 0.0995. The Bertz CT molecular complexity index is 946. The molecule has 2 aromatic carbocycles. The van der Waals surface area contributed by atoms with Gasteiger partial charge in [0.25, 0.3) is 5.91 Å². The molecule has 1 aliphatic rings. The van der Waals surface area contributed by atoms with E-state index in [4.69, 9.17) is 10.5 Å². The van der Waals surface area contributed by atoms with Gasteiger partial charge in [-0.2, -0.15) is 0 Å². The summed E-state index contributed by atoms with van der Waals surface area (Å²) in [4.78, 5) is 21.9. The van der Waals surface area contributed by atoms with Crippen LogP contribution < -0.4 is 15.4 Å². The first-order valence-corrected chi connectivity index (χ1v) is 8.89. The average molecular weight is 360 g/mol. The number of rotatable bonds is 5. The zero-order chi connectivity index (χ0) is 18.6. The quantitative estimate of drug-likeness (QED) is 0.754. The van der Waals surface area contributed by atoms with Gasteiger partial charge in [0.1, 0.15) is 23.0 Å². The molecule has 0 saturated carbocycles. The molecular weight excluding hydrogens is 340 g/mol. The molecule has 2 heterocycles. The number of ether oxygens (including phenoxy) is 1. The van der Waals surface area contributed by atoms with Crippen LogP contribution in [0.15, 0.2) is 67.0 Å². The van der Waals surface area contributed by atoms with E-state index in [0.29, 0.717) is 11.7 Å². The second-order valence-corrected chi connectivity index (χ2v) is 6.55. The summed E-state index contributed by atoms with van der Waals surface area (Å²) in [5.41, 5.74) is 6.72. The Morgan fingerprint density at radius 1 is 1.07 bits per heavy atom. The molecule has 1 fully saturated rings. The first-order chi connectivity index (χ1) is 13.2. The van der Waals surface area contributed by atoms with Gasteiger partial charge in [0.15, 0.2) is 0 Å². The number of benzene rings is 2. The fourth-order valence-corrected chi connectivity index (χ4v) is 3.32. The third-order valence-electron chi connectivity index (χ3n) is 4.69. The van der Waals surface area contributed by atoms with Crippen LogP contribution in [0.5, 0.6) is 11.5 Å². The third-order valence-corrected chi connectivity index (χ3v) is 4.69. The second kappa shape index (κ2) is 7.45. The lowest BCUT2D eigenvalue weighted by Crippen LogP contribution is -2.22. The van der Waals surface area contributed by atoms with Crippen molar-refractivity contribution in [3.8, 4) is 11.5 Å². The molecule has 1 aliphatic heterocycles. The lowest BCUT2D eigenvalue weighted by Gasteiger charge is -2.18. The molecule has 0 radical (unpaired) electrons. The van der Waals surface area contributed by atoms with Crippen LogP contribution in [0, 0.1) is 0 Å². The maximum absolute atomic E-state index is 11.3. The van der Waals surface area contributed by atoms with Crippen molar-refractivity contribution in [2.75, 3.05) is 18.0 Å². The minimum atomic E-state index is -0.564. The van der Waals surface area contributed by atoms with Crippen molar-refractivity contribution in [2.45, 2.75) is 12.3 Å². The molecule has 3 aromatic rings. The lowest BCUT2D eigenvalue weighted by atomic mass is 9.98. The Morgan fingerprint density at radius 3 is 2.70 bits per heavy atom. The standard InChI is InChI=1S/C21H20N4O2/c22-21(26)19-12-23-13-20(24-19)25-10-9-16(14-25)15-5-4-8-18(11-15)27-17-6-2-1-3-7-17/h1-8,11-13,16H,9-10,14H2,(H2,22,26)/t16-/m0/s1. The normalized spacial score (nSPS) is 16.3. The van der Waals surface area contributed by atoms with E-state index in [1.54, 1.807) is 6.20 Å². The summed E-state index contributed by atoms with van der Waals surface area (Å²) in [7, 11) is 0. The van der Waals surface area contributed by atoms with Gasteiger partial charge in [0.2, 0.25) is 0 Å². The fourth-order valence-electron chi connectivity index (χ4n) is 3.32. The fraction of sp³-hybridized carbons (Fsp3) is 0.190. The highest BCUT2D eigenvalue weighted by atomic mass is 16.5. The van der Waals surface area contributed by atoms with E-state index in [2.05, 4.69) is 27.0 Å². The van der Waals surface area contributed by atoms with E-state index in [-0.39, 0.29) is 5.69 Å². The van der Waals surface area contributed by atoms with Crippen molar-refractivity contribution in [2.24, 2.45) is 5.73 Å². The Labute approximate surface area is 157 Å². The Balaban J connectivity index is 1.48. The number of carbonyl (C=O) groups is 1. The third kappa shape index (κ3) is 3.89. The van der Waals surface area contributed by atoms with Crippen molar-refractivity contribution in [1.82, 2.24) is 9.97 Å². The maximum Gasteiger partial charge on any atom is 0.268 e. The minimum absolute atomic E-state index is 0.189. The van der Waals surface area contributed by atoms with Crippen LogP contribution in [0.25, 0.3) is 0 Å². The van der Waals surface area contributed by atoms with E-state index in [0.717, 1.165) is 31.0 Å². The van der Waals surface area contributed by atoms with Crippen LogP contribution in [0.2, 0.25) is 0 Å². The van der Waals surface area contributed by atoms with Gasteiger partial charge in [0.05, 0.1) is 12.4 Å². The number of hydrogen-bond acceptors (Lipinski definition) is 5. The van der Waals surface area contributed by atoms with Gasteiger partial charge in [-0.3, -0.25) is 9.78 Å². The zero-order valence-corrected chi connectivity index (χ0v) is 14.8. The van der Waals surface area contributed by atoms with Gasteiger partial charge in [-0.15, -0.1) is 0 Å². The topological polar surface area (TPSA) is 81.3 Å². The van der Waals surface area contributed by atoms with Crippen molar-refractivity contribution in [3.63, 3.8) is 0 Å². The molecule has 0 bridgehead atoms. The van der Waals surface area contributed by atoms with Crippen LogP contribution in [-0.2, 0) is 0 Å². The van der Waals surface area contributed by atoms with Crippen molar-refractivity contribution >= 4 is 11.7 Å². The summed E-state index contributed by atoms with van der Waals surface area (Å²) < 4.78 is 5.94. The van der Waals surface area contributed by atoms with E-state index in [1.807, 2.05) is 42.5 Å². The summed E-state index contributed by atoms with van der Waals surface area (Å²) in [6.07, 6.45) is 4.06. The van der Waals surface area contributed by atoms with Crippen LogP contribution in [0.4, 0.5) is 5.82 Å². The molecule has 1 saturated heterocycles. The molecule has 1 atom stereocenters. The number of aromatic nitrogens is 2. The number of hydrogen-bond donors (Lipinski definition) is 1. The molecule has 6 heteroatoms. The number of para-hydroxylation sites is 1. The number of nitrogens with zero attached hydrogens (tertiary/aromatic N) is 3. The maximum atomic E-state index is 11.3. The van der Waals surface area contributed by atoms with Gasteiger partial charge in [0, 0.05) is 19.0 Å². The van der Waals surface area contributed by atoms with Gasteiger partial charge >= 0.3 is 0 Å². The summed E-state index contributed by atoms with van der Waals surface area (Å²) in [5, 5.41) is 0. The largest absolute Gasteiger partial charge is 0.457 e. The van der Waals surface area contributed by atoms with Crippen LogP contribution in [-0.4, -0.2) is 29.0 Å². The molecule has 1 aromatic heterocycles. The first kappa shape index (κ1) is 17.0. The van der Waals surface area contributed by atoms with Crippen LogP contribution >= 0.6 is 0 Å². The summed E-state index contributed by atoms with van der Waals surface area (Å²) in [6.45, 7) is 1.66. The summed E-state index contributed by atoms with van der Waals surface area (Å²) >= 11 is 0. The highest BCUT2D eigenvalue weighted by Crippen LogP contribution is 2.32. The number of nitrogens with two attached hydrogens (primary N) is 1. The monoisotopic (exact) mass is 360 g/mol. The molecule has 136 valence electrons. The molecule has 2 N–H and O–H groups in total. The van der Waals surface area contributed by atoms with Gasteiger partial charge in [-0.25, -0.2) is 4.98 Å². The summed E-state index contributed by atoms with van der Waals surface area (Å²) in [5.74, 6) is 2.13. The predicted molar refractivity (Wildman–Crippen MR) is 103 cm³/mol. The molecule has 1 amide bonds. The Hall–Kier alpha value is -3.41. The number of primary amides is 1. The van der Waals surface area contributed by atoms with Crippen molar-refractivity contribution < 1.29 is 9.53 Å². The molecule has 0 unspecified atom stereocenters. The zero-order valence-electron chi connectivity index (χ0n) is 14.8. The van der Waals surface area contributed by atoms with E-state index in [1.165, 1.54) is 11.8 Å². The smallest absolute Gasteiger partial charge is 0.268 e. The highest BCUT2D eigenvalue weighted by Gasteiger charge is 2.25. The van der Waals surface area contributed by atoms with Crippen molar-refractivity contribution in [3.05, 3.63) is 78.2 Å². The molecule has 0 spiro atoms. The Morgan fingerprint density at radius 2 is 1.89 bits per heavy atom. The molecule has 27 heavy (non-hydrogen) atoms. The number of carbonyl (C=O) groups excluding carboxylic acids is 1. The van der Waals surface area contributed by atoms with Crippen LogP contribution in [0.1, 0.15) is 28.4 Å². The SMILES string of the molecule is NC(=O)c1cncc(N2CC[C@H](c3cccc(Oc4ccccc4)c3)C2)n1. The molecule has 6 nitrogen and oxygen atoms in total. The van der Waals surface area contributed by atoms with E-state index < -0.39 is 5.91 Å². The number of amides is 1. The minimum Gasteiger partial charge on any atom is -0.457 e. The average Bonchev–Trinajstić information content (AvgIpc) is 3.19. The Kier molecular flexibility index (Phi) is 4.70. The molecule has 0 aliphatic carbocycles. The molecular formula is C21H20N4O2.